The minimum absolute atomic E-state index is 0.00286. The van der Waals surface area contributed by atoms with Gasteiger partial charge in [-0.15, -0.1) is 18.3 Å². The lowest BCUT2D eigenvalue weighted by molar-refractivity contribution is -0.274. The first-order chi connectivity index (χ1) is 24.5. The molecule has 12 nitrogen and oxygen atoms in total. The van der Waals surface area contributed by atoms with Gasteiger partial charge in [-0.3, -0.25) is 14.3 Å². The number of aromatic nitrogens is 4. The van der Waals surface area contributed by atoms with Gasteiger partial charge in [0.2, 0.25) is 5.82 Å². The minimum Gasteiger partial charge on any atom is -0.493 e. The van der Waals surface area contributed by atoms with Gasteiger partial charge in [-0.1, -0.05) is 12.1 Å². The summed E-state index contributed by atoms with van der Waals surface area (Å²) < 4.78 is 77.5. The third kappa shape index (κ3) is 8.06. The largest absolute Gasteiger partial charge is 0.573 e. The van der Waals surface area contributed by atoms with E-state index in [0.29, 0.717) is 39.4 Å². The van der Waals surface area contributed by atoms with Gasteiger partial charge in [0.05, 0.1) is 19.2 Å². The van der Waals surface area contributed by atoms with E-state index in [9.17, 15) is 22.8 Å². The number of ether oxygens (including phenoxy) is 4. The van der Waals surface area contributed by atoms with Gasteiger partial charge in [-0.05, 0) is 75.7 Å². The molecule has 1 N–H and O–H groups in total. The van der Waals surface area contributed by atoms with Crippen LogP contribution in [-0.4, -0.2) is 69.9 Å². The van der Waals surface area contributed by atoms with Gasteiger partial charge in [0, 0.05) is 42.5 Å². The maximum absolute atomic E-state index is 15.4. The van der Waals surface area contributed by atoms with Crippen molar-refractivity contribution in [3.63, 3.8) is 0 Å². The Morgan fingerprint density at radius 3 is 2.47 bits per heavy atom. The van der Waals surface area contributed by atoms with E-state index in [4.69, 9.17) is 14.2 Å². The number of carbonyl (C=O) groups is 1. The van der Waals surface area contributed by atoms with Crippen molar-refractivity contribution in [3.05, 3.63) is 89.0 Å². The van der Waals surface area contributed by atoms with E-state index in [2.05, 4.69) is 25.0 Å². The zero-order chi connectivity index (χ0) is 36.1. The van der Waals surface area contributed by atoms with Gasteiger partial charge >= 0.3 is 12.1 Å². The summed E-state index contributed by atoms with van der Waals surface area (Å²) >= 11 is 0. The second kappa shape index (κ2) is 15.1. The first-order valence-electron chi connectivity index (χ1n) is 16.2. The molecular formula is C35H34F4N6O6. The van der Waals surface area contributed by atoms with Crippen molar-refractivity contribution >= 4 is 22.5 Å². The average molecular weight is 711 g/mol. The van der Waals surface area contributed by atoms with Gasteiger partial charge in [0.1, 0.15) is 11.4 Å². The van der Waals surface area contributed by atoms with E-state index in [1.165, 1.54) is 56.5 Å². The Bertz CT molecular complexity index is 2090. The number of nitrogens with one attached hydrogen (secondary N) is 1. The number of amides is 1. The van der Waals surface area contributed by atoms with Crippen molar-refractivity contribution in [1.82, 2.24) is 24.2 Å². The molecule has 6 rings (SSSR count). The normalized spacial score (nSPS) is 13.4. The number of alkyl halides is 3. The minimum atomic E-state index is -5.03. The molecule has 2 aromatic heterocycles. The molecule has 1 saturated heterocycles. The summed E-state index contributed by atoms with van der Waals surface area (Å²) in [5, 5.41) is 7.00. The van der Waals surface area contributed by atoms with Crippen molar-refractivity contribution < 1.29 is 41.3 Å². The van der Waals surface area contributed by atoms with Crippen LogP contribution < -0.4 is 30.0 Å². The van der Waals surface area contributed by atoms with Crippen molar-refractivity contribution in [2.45, 2.75) is 39.1 Å². The number of carbonyl (C=O) groups excluding carboxylic acids is 1. The van der Waals surface area contributed by atoms with Crippen molar-refractivity contribution in [2.75, 3.05) is 38.7 Å². The second-order valence-corrected chi connectivity index (χ2v) is 11.6. The van der Waals surface area contributed by atoms with Crippen LogP contribution in [0, 0.1) is 5.82 Å². The molecule has 268 valence electrons. The number of halogens is 4. The standard InChI is InChI=1S/C35H34F4N6O6/c1-3-44-32(42-45(34(44)47)26-9-4-5-10-29(26)51-35(37,38)39)33(46)41-22-11-12-28(24(36)19-22)50-27-13-14-40-25-21-31(30(48-2)20-23(25)27)49-18-8-17-43-15-6-7-16-43/h4-5,9-14,19-21H,3,6-8,15-18H2,1-2H3,(H,41,46). The predicted molar refractivity (Wildman–Crippen MR) is 179 cm³/mol. The Balaban J connectivity index is 1.18. The highest BCUT2D eigenvalue weighted by molar-refractivity contribution is 6.01. The molecule has 0 radical (unpaired) electrons. The number of rotatable bonds is 13. The molecule has 0 bridgehead atoms. The number of methoxy groups -OCH3 is 1. The van der Waals surface area contributed by atoms with Crippen molar-refractivity contribution in [1.29, 1.82) is 0 Å². The Hall–Kier alpha value is -5.64. The summed E-state index contributed by atoms with van der Waals surface area (Å²) in [5.41, 5.74) is -0.663. The average Bonchev–Trinajstić information content (AvgIpc) is 3.74. The summed E-state index contributed by atoms with van der Waals surface area (Å²) in [6, 6.07) is 13.6. The van der Waals surface area contributed by atoms with Crippen LogP contribution in [-0.2, 0) is 6.54 Å². The van der Waals surface area contributed by atoms with E-state index in [0.717, 1.165) is 42.8 Å². The van der Waals surface area contributed by atoms with Crippen LogP contribution >= 0.6 is 0 Å². The number of nitrogens with zero attached hydrogens (tertiary/aromatic N) is 5. The second-order valence-electron chi connectivity index (χ2n) is 11.6. The van der Waals surface area contributed by atoms with Crippen molar-refractivity contribution in [3.8, 4) is 34.4 Å². The molecule has 0 spiro atoms. The van der Waals surface area contributed by atoms with Crippen LogP contribution in [0.5, 0.6) is 28.7 Å². The van der Waals surface area contributed by atoms with Crippen molar-refractivity contribution in [2.24, 2.45) is 0 Å². The summed E-state index contributed by atoms with van der Waals surface area (Å²) in [6.45, 7) is 5.21. The third-order valence-electron chi connectivity index (χ3n) is 8.17. The molecule has 3 aromatic carbocycles. The molecule has 5 aromatic rings. The summed E-state index contributed by atoms with van der Waals surface area (Å²) in [6.07, 6.45) is -0.192. The first-order valence-corrected chi connectivity index (χ1v) is 16.2. The lowest BCUT2D eigenvalue weighted by Gasteiger charge is -2.16. The molecule has 0 aliphatic carbocycles. The number of benzene rings is 3. The molecule has 16 heteroatoms. The highest BCUT2D eigenvalue weighted by atomic mass is 19.4. The van der Waals surface area contributed by atoms with Crippen LogP contribution in [0.4, 0.5) is 23.2 Å². The van der Waals surface area contributed by atoms with Crippen LogP contribution in [0.15, 0.2) is 71.7 Å². The van der Waals surface area contributed by atoms with Gasteiger partial charge in [0.25, 0.3) is 5.91 Å². The number of hydrogen-bond acceptors (Lipinski definition) is 9. The molecule has 1 fully saturated rings. The lowest BCUT2D eigenvalue weighted by atomic mass is 10.1. The quantitative estimate of drug-likeness (QED) is 0.107. The van der Waals surface area contributed by atoms with E-state index in [1.807, 2.05) is 0 Å². The highest BCUT2D eigenvalue weighted by Crippen LogP contribution is 2.38. The Labute approximate surface area is 289 Å². The van der Waals surface area contributed by atoms with E-state index < -0.39 is 35.4 Å². The smallest absolute Gasteiger partial charge is 0.493 e. The monoisotopic (exact) mass is 710 g/mol. The molecule has 51 heavy (non-hydrogen) atoms. The summed E-state index contributed by atoms with van der Waals surface area (Å²) in [4.78, 5) is 33.1. The Kier molecular flexibility index (Phi) is 10.4. The molecule has 0 unspecified atom stereocenters. The first kappa shape index (κ1) is 35.2. The van der Waals surface area contributed by atoms with Crippen LogP contribution in [0.25, 0.3) is 16.6 Å². The molecule has 0 atom stereocenters. The zero-order valence-electron chi connectivity index (χ0n) is 27.7. The molecular weight excluding hydrogens is 676 g/mol. The fourth-order valence-corrected chi connectivity index (χ4v) is 5.78. The number of fused-ring (bicyclic) bond motifs is 1. The molecule has 1 aliphatic rings. The Morgan fingerprint density at radius 1 is 0.961 bits per heavy atom. The highest BCUT2D eigenvalue weighted by Gasteiger charge is 2.33. The number of pyridine rings is 1. The molecule has 3 heterocycles. The maximum Gasteiger partial charge on any atom is 0.573 e. The zero-order valence-corrected chi connectivity index (χ0v) is 27.7. The number of para-hydroxylation sites is 2. The number of likely N-dealkylation sites (tertiary alicyclic amines) is 1. The molecule has 0 saturated carbocycles. The summed E-state index contributed by atoms with van der Waals surface area (Å²) in [5.74, 6) is -1.70. The fraction of sp³-hybridized carbons (Fsp3) is 0.314. The predicted octanol–water partition coefficient (Wildman–Crippen LogP) is 6.56. The van der Waals surface area contributed by atoms with Crippen LogP contribution in [0.3, 0.4) is 0 Å². The fourth-order valence-electron chi connectivity index (χ4n) is 5.78. The SMILES string of the molecule is CCn1c(C(=O)Nc2ccc(Oc3ccnc4cc(OCCCN5CCCC5)c(OC)cc34)c(F)c2)nn(-c2ccccc2OC(F)(F)F)c1=O. The van der Waals surface area contributed by atoms with Gasteiger partial charge in [-0.2, -0.15) is 4.68 Å². The maximum atomic E-state index is 15.4. The van der Waals surface area contributed by atoms with E-state index in [1.54, 1.807) is 25.1 Å². The third-order valence-corrected chi connectivity index (χ3v) is 8.17. The summed E-state index contributed by atoms with van der Waals surface area (Å²) in [7, 11) is 1.52. The van der Waals surface area contributed by atoms with Crippen LogP contribution in [0.2, 0.25) is 0 Å². The Morgan fingerprint density at radius 2 is 1.75 bits per heavy atom. The van der Waals surface area contributed by atoms with Gasteiger partial charge < -0.3 is 29.2 Å². The van der Waals surface area contributed by atoms with E-state index in [-0.39, 0.29) is 23.7 Å². The van der Waals surface area contributed by atoms with E-state index >= 15 is 4.39 Å². The van der Waals surface area contributed by atoms with Gasteiger partial charge in [0.15, 0.2) is 28.8 Å². The topological polar surface area (TPSA) is 122 Å². The molecule has 1 aliphatic heterocycles. The number of hydrogen-bond donors (Lipinski definition) is 1. The molecule has 1 amide bonds. The lowest BCUT2D eigenvalue weighted by Crippen LogP contribution is -2.26. The van der Waals surface area contributed by atoms with Crippen LogP contribution in [0.1, 0.15) is 36.8 Å². The van der Waals surface area contributed by atoms with Gasteiger partial charge in [-0.25, -0.2) is 9.18 Å². The number of anilines is 1.